The zero-order valence-corrected chi connectivity index (χ0v) is 39.7. The molecule has 4 N–H and O–H groups in total. The highest BCUT2D eigenvalue weighted by Gasteiger charge is 2.31. The standard InChI is InChI=1S/C50H72N10O7/c1-3-4-20-52-49-53-35-41(47(56-49)54-40-10-6-5-7-11-40)46(51)39-15-12-38(13-16-39)36-59-23-21-58(22-24-59)25-27-65-29-31-67-33-32-66-30-28-64-26-8-9-37-14-17-42-44(34-37)57(2)50(63)60(42)43-18-19-45(61)55-48(43)62/h12-17,34-35,40,43,51H,3-11,18-33,36H2,1-2H3,(H,55,61,62)(H2,52,53,54,56). The Hall–Kier alpha value is -5.04. The monoisotopic (exact) mass is 925 g/mol. The summed E-state index contributed by atoms with van der Waals surface area (Å²) in [6.07, 6.45) is 12.1. The van der Waals surface area contributed by atoms with E-state index in [1.165, 1.54) is 29.4 Å². The Morgan fingerprint density at radius 2 is 1.46 bits per heavy atom. The summed E-state index contributed by atoms with van der Waals surface area (Å²) >= 11 is 0. The first-order valence-electron chi connectivity index (χ1n) is 24.6. The van der Waals surface area contributed by atoms with Crippen LogP contribution in [-0.2, 0) is 48.5 Å². The second-order valence-corrected chi connectivity index (χ2v) is 18.0. The summed E-state index contributed by atoms with van der Waals surface area (Å²) in [5, 5.41) is 18.5. The summed E-state index contributed by atoms with van der Waals surface area (Å²) in [5.74, 6) is 0.639. The van der Waals surface area contributed by atoms with Gasteiger partial charge < -0.3 is 29.6 Å². The van der Waals surface area contributed by atoms with Crippen molar-refractivity contribution in [1.82, 2.24) is 34.2 Å². The minimum Gasteiger partial charge on any atom is -0.379 e. The fourth-order valence-electron chi connectivity index (χ4n) is 9.07. The number of carbonyl (C=O) groups excluding carboxylic acids is 2. The van der Waals surface area contributed by atoms with Crippen LogP contribution in [0.2, 0.25) is 0 Å². The number of piperazine rings is 1. The van der Waals surface area contributed by atoms with Crippen molar-refractivity contribution in [2.24, 2.45) is 7.05 Å². The van der Waals surface area contributed by atoms with Crippen LogP contribution in [0.5, 0.6) is 0 Å². The number of nitrogens with one attached hydrogen (secondary N) is 4. The minimum absolute atomic E-state index is 0.216. The predicted octanol–water partition coefficient (Wildman–Crippen LogP) is 5.30. The summed E-state index contributed by atoms with van der Waals surface area (Å²) in [5.41, 5.74) is 5.57. The highest BCUT2D eigenvalue weighted by Crippen LogP contribution is 2.26. The molecular formula is C50H72N10O7. The molecule has 17 heteroatoms. The van der Waals surface area contributed by atoms with E-state index in [-0.39, 0.29) is 18.0 Å². The Morgan fingerprint density at radius 1 is 0.791 bits per heavy atom. The number of hydrogen-bond acceptors (Lipinski definition) is 14. The molecule has 0 bridgehead atoms. The van der Waals surface area contributed by atoms with E-state index in [2.05, 4.69) is 61.9 Å². The maximum Gasteiger partial charge on any atom is 0.329 e. The molecule has 4 heterocycles. The number of unbranched alkanes of at least 4 members (excludes halogenated alkanes) is 1. The number of aromatic nitrogens is 4. The Bertz CT molecular complexity index is 2270. The second-order valence-electron chi connectivity index (χ2n) is 18.0. The first-order valence-corrected chi connectivity index (χ1v) is 24.6. The lowest BCUT2D eigenvalue weighted by Crippen LogP contribution is -2.46. The Kier molecular flexibility index (Phi) is 19.3. The van der Waals surface area contributed by atoms with Gasteiger partial charge in [0.25, 0.3) is 0 Å². The molecule has 17 nitrogen and oxygen atoms in total. The van der Waals surface area contributed by atoms with Crippen molar-refractivity contribution in [3.8, 4) is 0 Å². The summed E-state index contributed by atoms with van der Waals surface area (Å²) in [6.45, 7) is 13.2. The van der Waals surface area contributed by atoms with Crippen molar-refractivity contribution in [3.63, 3.8) is 0 Å². The van der Waals surface area contributed by atoms with Gasteiger partial charge in [-0.25, -0.2) is 9.78 Å². The number of carbonyl (C=O) groups is 2. The van der Waals surface area contributed by atoms with Gasteiger partial charge in [0.15, 0.2) is 0 Å². The Labute approximate surface area is 394 Å². The minimum atomic E-state index is -0.688. The van der Waals surface area contributed by atoms with Gasteiger partial charge in [0, 0.05) is 83.7 Å². The van der Waals surface area contributed by atoms with Crippen LogP contribution in [-0.4, -0.2) is 145 Å². The number of nitrogens with zero attached hydrogens (tertiary/aromatic N) is 6. The maximum absolute atomic E-state index is 13.0. The molecule has 1 saturated carbocycles. The lowest BCUT2D eigenvalue weighted by Gasteiger charge is -2.34. The normalized spacial score (nSPS) is 17.6. The first-order chi connectivity index (χ1) is 32.8. The predicted molar refractivity (Wildman–Crippen MR) is 260 cm³/mol. The average molecular weight is 925 g/mol. The van der Waals surface area contributed by atoms with E-state index in [0.717, 1.165) is 112 Å². The number of rotatable bonds is 27. The summed E-state index contributed by atoms with van der Waals surface area (Å²) in [6, 6.07) is 14.0. The van der Waals surface area contributed by atoms with Gasteiger partial charge in [-0.2, -0.15) is 4.98 Å². The van der Waals surface area contributed by atoms with Crippen molar-refractivity contribution in [2.75, 3.05) is 103 Å². The van der Waals surface area contributed by atoms with Gasteiger partial charge in [0.05, 0.1) is 68.6 Å². The second kappa shape index (κ2) is 25.9. The molecule has 364 valence electrons. The molecule has 3 fully saturated rings. The number of fused-ring (bicyclic) bond motifs is 1. The molecule has 67 heavy (non-hydrogen) atoms. The summed E-state index contributed by atoms with van der Waals surface area (Å²) in [4.78, 5) is 51.4. The number of aryl methyl sites for hydroxylation is 2. The molecule has 1 atom stereocenters. The fourth-order valence-corrected chi connectivity index (χ4v) is 9.07. The van der Waals surface area contributed by atoms with Crippen LogP contribution in [0, 0.1) is 5.41 Å². The van der Waals surface area contributed by atoms with Crippen LogP contribution in [0.25, 0.3) is 11.0 Å². The molecule has 1 aliphatic carbocycles. The van der Waals surface area contributed by atoms with Crippen molar-refractivity contribution in [3.05, 3.63) is 81.4 Å². The van der Waals surface area contributed by atoms with E-state index < -0.39 is 11.9 Å². The van der Waals surface area contributed by atoms with Gasteiger partial charge in [0.2, 0.25) is 17.8 Å². The molecule has 2 saturated heterocycles. The topological polar surface area (TPSA) is 190 Å². The zero-order valence-electron chi connectivity index (χ0n) is 39.7. The molecule has 2 aliphatic heterocycles. The number of imidazole rings is 1. The van der Waals surface area contributed by atoms with Crippen LogP contribution in [0.3, 0.4) is 0 Å². The van der Waals surface area contributed by atoms with Gasteiger partial charge in [-0.1, -0.05) is 62.9 Å². The molecule has 2 aromatic carbocycles. The SMILES string of the molecule is CCCCNc1ncc(C(=N)c2ccc(CN3CCN(CCOCCOCCOCCOCCCc4ccc5c(c4)n(C)c(=O)n5C4CCC(=O)NC4=O)CC3)cc2)c(NC2CCCCC2)n1. The Morgan fingerprint density at radius 3 is 2.16 bits per heavy atom. The number of piperidine rings is 1. The zero-order chi connectivity index (χ0) is 46.8. The van der Waals surface area contributed by atoms with Crippen LogP contribution in [0.15, 0.2) is 53.5 Å². The van der Waals surface area contributed by atoms with Gasteiger partial charge in [-0.05, 0) is 61.8 Å². The van der Waals surface area contributed by atoms with Gasteiger partial charge >= 0.3 is 5.69 Å². The third-order valence-corrected chi connectivity index (χ3v) is 13.0. The highest BCUT2D eigenvalue weighted by molar-refractivity contribution is 6.13. The molecular weight excluding hydrogens is 853 g/mol. The van der Waals surface area contributed by atoms with E-state index in [9.17, 15) is 14.4 Å². The Balaban J connectivity index is 0.695. The number of ether oxygens (including phenoxy) is 4. The van der Waals surface area contributed by atoms with Crippen LogP contribution in [0.1, 0.15) is 99.4 Å². The van der Waals surface area contributed by atoms with Crippen LogP contribution >= 0.6 is 0 Å². The van der Waals surface area contributed by atoms with E-state index in [1.807, 2.05) is 18.2 Å². The third kappa shape index (κ3) is 14.5. The molecule has 3 aliphatic rings. The molecule has 2 amide bonds. The quantitative estimate of drug-likeness (QED) is 0.0343. The van der Waals surface area contributed by atoms with Crippen molar-refractivity contribution in [2.45, 2.75) is 96.2 Å². The molecule has 4 aromatic rings. The number of anilines is 2. The molecule has 1 unspecified atom stereocenters. The van der Waals surface area contributed by atoms with E-state index in [4.69, 9.17) is 29.3 Å². The largest absolute Gasteiger partial charge is 0.379 e. The van der Waals surface area contributed by atoms with Crippen molar-refractivity contribution in [1.29, 1.82) is 5.41 Å². The van der Waals surface area contributed by atoms with Crippen LogP contribution < -0.4 is 21.6 Å². The van der Waals surface area contributed by atoms with Gasteiger partial charge in [-0.15, -0.1) is 0 Å². The molecule has 0 spiro atoms. The number of imide groups is 1. The number of benzene rings is 2. The lowest BCUT2D eigenvalue weighted by atomic mass is 9.95. The number of hydrogen-bond donors (Lipinski definition) is 4. The smallest absolute Gasteiger partial charge is 0.329 e. The van der Waals surface area contributed by atoms with Crippen molar-refractivity contribution >= 4 is 40.3 Å². The summed E-state index contributed by atoms with van der Waals surface area (Å²) < 4.78 is 26.0. The van der Waals surface area contributed by atoms with E-state index >= 15 is 0 Å². The molecule has 0 radical (unpaired) electrons. The lowest BCUT2D eigenvalue weighted by molar-refractivity contribution is -0.135. The van der Waals surface area contributed by atoms with Gasteiger partial charge in [0.1, 0.15) is 11.9 Å². The van der Waals surface area contributed by atoms with Crippen LogP contribution in [0.4, 0.5) is 11.8 Å². The third-order valence-electron chi connectivity index (χ3n) is 13.0. The van der Waals surface area contributed by atoms with Gasteiger partial charge in [-0.3, -0.25) is 39.2 Å². The van der Waals surface area contributed by atoms with E-state index in [0.29, 0.717) is 82.5 Å². The van der Waals surface area contributed by atoms with Crippen molar-refractivity contribution < 1.29 is 28.5 Å². The molecule has 2 aromatic heterocycles. The highest BCUT2D eigenvalue weighted by atomic mass is 16.6. The first kappa shape index (κ1) is 49.9. The average Bonchev–Trinajstić information content (AvgIpc) is 3.58. The van der Waals surface area contributed by atoms with E-state index in [1.54, 1.807) is 17.8 Å². The number of amides is 2. The molecule has 7 rings (SSSR count). The maximum atomic E-state index is 13.0. The fraction of sp³-hybridized carbons (Fsp3) is 0.600. The summed E-state index contributed by atoms with van der Waals surface area (Å²) in [7, 11) is 1.70.